The van der Waals surface area contributed by atoms with Crippen LogP contribution in [0.2, 0.25) is 0 Å². The van der Waals surface area contributed by atoms with Crippen LogP contribution in [-0.2, 0) is 11.8 Å². The molecule has 2 heterocycles. The summed E-state index contributed by atoms with van der Waals surface area (Å²) in [6, 6.07) is 1.84. The zero-order valence-electron chi connectivity index (χ0n) is 8.39. The number of aliphatic hydroxyl groups is 1. The maximum absolute atomic E-state index is 9.96. The molecule has 0 radical (unpaired) electrons. The molecule has 2 rings (SSSR count). The number of aryl methyl sites for hydroxylation is 1. The Hall–Kier alpha value is -0.870. The first kappa shape index (κ1) is 9.68. The summed E-state index contributed by atoms with van der Waals surface area (Å²) in [5.41, 5.74) is 0.708. The molecule has 1 saturated heterocycles. The van der Waals surface area contributed by atoms with Gasteiger partial charge in [-0.3, -0.25) is 4.68 Å². The zero-order valence-corrected chi connectivity index (χ0v) is 8.39. The molecular formula is C10H16N2O2. The number of aromatic nitrogens is 2. The van der Waals surface area contributed by atoms with Crippen molar-refractivity contribution in [3.05, 3.63) is 18.0 Å². The van der Waals surface area contributed by atoms with E-state index in [-0.39, 0.29) is 6.10 Å². The molecule has 1 aliphatic rings. The monoisotopic (exact) mass is 196 g/mol. The van der Waals surface area contributed by atoms with E-state index >= 15 is 0 Å². The Morgan fingerprint density at radius 3 is 3.07 bits per heavy atom. The average molecular weight is 196 g/mol. The summed E-state index contributed by atoms with van der Waals surface area (Å²) in [5.74, 6) is 0. The lowest BCUT2D eigenvalue weighted by molar-refractivity contribution is -0.0649. The first-order chi connectivity index (χ1) is 6.77. The van der Waals surface area contributed by atoms with Gasteiger partial charge in [0.1, 0.15) is 6.10 Å². The van der Waals surface area contributed by atoms with Crippen LogP contribution < -0.4 is 0 Å². The van der Waals surface area contributed by atoms with Gasteiger partial charge in [-0.25, -0.2) is 0 Å². The molecule has 1 aromatic rings. The van der Waals surface area contributed by atoms with Gasteiger partial charge in [-0.15, -0.1) is 0 Å². The molecule has 0 aromatic carbocycles. The summed E-state index contributed by atoms with van der Waals surface area (Å²) in [7, 11) is 1.85. The number of rotatable bonds is 2. The highest BCUT2D eigenvalue weighted by atomic mass is 16.5. The SMILES string of the molecule is Cn1ccc(C(O)C2CCCCO2)n1. The Morgan fingerprint density at radius 2 is 2.50 bits per heavy atom. The molecule has 2 atom stereocenters. The maximum atomic E-state index is 9.96. The Kier molecular flexibility index (Phi) is 2.84. The highest BCUT2D eigenvalue weighted by Crippen LogP contribution is 2.24. The second kappa shape index (κ2) is 4.11. The third-order valence-corrected chi connectivity index (χ3v) is 2.60. The van der Waals surface area contributed by atoms with Crippen molar-refractivity contribution >= 4 is 0 Å². The predicted molar refractivity (Wildman–Crippen MR) is 51.8 cm³/mol. The van der Waals surface area contributed by atoms with Gasteiger partial charge in [-0.2, -0.15) is 5.10 Å². The number of ether oxygens (including phenoxy) is 1. The molecule has 14 heavy (non-hydrogen) atoms. The molecule has 4 nitrogen and oxygen atoms in total. The van der Waals surface area contributed by atoms with Crippen LogP contribution in [0.4, 0.5) is 0 Å². The third kappa shape index (κ3) is 1.96. The molecule has 4 heteroatoms. The van der Waals surface area contributed by atoms with Crippen molar-refractivity contribution in [2.45, 2.75) is 31.5 Å². The second-order valence-corrected chi connectivity index (χ2v) is 3.76. The van der Waals surface area contributed by atoms with Crippen LogP contribution in [0, 0.1) is 0 Å². The van der Waals surface area contributed by atoms with E-state index in [0.717, 1.165) is 25.9 Å². The van der Waals surface area contributed by atoms with Crippen molar-refractivity contribution in [3.8, 4) is 0 Å². The van der Waals surface area contributed by atoms with E-state index in [1.165, 1.54) is 0 Å². The third-order valence-electron chi connectivity index (χ3n) is 2.60. The van der Waals surface area contributed by atoms with Crippen LogP contribution in [0.15, 0.2) is 12.3 Å². The van der Waals surface area contributed by atoms with Crippen LogP contribution in [0.1, 0.15) is 31.1 Å². The van der Waals surface area contributed by atoms with Gasteiger partial charge in [0.05, 0.1) is 11.8 Å². The standard InChI is InChI=1S/C10H16N2O2/c1-12-6-5-8(11-12)10(13)9-4-2-3-7-14-9/h5-6,9-10,13H,2-4,7H2,1H3. The molecule has 0 bridgehead atoms. The van der Waals surface area contributed by atoms with Crippen molar-refractivity contribution in [3.63, 3.8) is 0 Å². The van der Waals surface area contributed by atoms with E-state index in [9.17, 15) is 5.11 Å². The molecule has 2 unspecified atom stereocenters. The van der Waals surface area contributed by atoms with Gasteiger partial charge in [-0.05, 0) is 25.3 Å². The van der Waals surface area contributed by atoms with E-state index in [0.29, 0.717) is 5.69 Å². The fraction of sp³-hybridized carbons (Fsp3) is 0.700. The summed E-state index contributed by atoms with van der Waals surface area (Å²) in [6.07, 6.45) is 4.36. The zero-order chi connectivity index (χ0) is 9.97. The largest absolute Gasteiger partial charge is 0.384 e. The topological polar surface area (TPSA) is 47.3 Å². The van der Waals surface area contributed by atoms with Crippen LogP contribution in [0.3, 0.4) is 0 Å². The fourth-order valence-electron chi connectivity index (χ4n) is 1.80. The van der Waals surface area contributed by atoms with E-state index in [4.69, 9.17) is 4.74 Å². The Bertz CT molecular complexity index is 292. The smallest absolute Gasteiger partial charge is 0.124 e. The molecule has 0 aliphatic carbocycles. The van der Waals surface area contributed by atoms with Crippen molar-refractivity contribution in [2.75, 3.05) is 6.61 Å². The molecule has 0 amide bonds. The number of aliphatic hydroxyl groups excluding tert-OH is 1. The first-order valence-electron chi connectivity index (χ1n) is 5.06. The highest BCUT2D eigenvalue weighted by Gasteiger charge is 2.25. The minimum Gasteiger partial charge on any atom is -0.384 e. The lowest BCUT2D eigenvalue weighted by Crippen LogP contribution is -2.26. The van der Waals surface area contributed by atoms with E-state index in [1.54, 1.807) is 4.68 Å². The minimum atomic E-state index is -0.573. The predicted octanol–water partition coefficient (Wildman–Crippen LogP) is 1.02. The summed E-state index contributed by atoms with van der Waals surface area (Å²) >= 11 is 0. The molecular weight excluding hydrogens is 180 g/mol. The summed E-state index contributed by atoms with van der Waals surface area (Å²) in [4.78, 5) is 0. The van der Waals surface area contributed by atoms with Crippen LogP contribution >= 0.6 is 0 Å². The summed E-state index contributed by atoms with van der Waals surface area (Å²) in [6.45, 7) is 0.758. The molecule has 0 saturated carbocycles. The van der Waals surface area contributed by atoms with Crippen LogP contribution in [-0.4, -0.2) is 27.6 Å². The van der Waals surface area contributed by atoms with Gasteiger partial charge in [0.25, 0.3) is 0 Å². The number of hydrogen-bond donors (Lipinski definition) is 1. The first-order valence-corrected chi connectivity index (χ1v) is 5.06. The van der Waals surface area contributed by atoms with Gasteiger partial charge in [0.2, 0.25) is 0 Å². The number of nitrogens with zero attached hydrogens (tertiary/aromatic N) is 2. The molecule has 1 N–H and O–H groups in total. The average Bonchev–Trinajstić information content (AvgIpc) is 2.65. The van der Waals surface area contributed by atoms with Gasteiger partial charge in [0.15, 0.2) is 0 Å². The van der Waals surface area contributed by atoms with E-state index in [2.05, 4.69) is 5.10 Å². The van der Waals surface area contributed by atoms with Crippen LogP contribution in [0.5, 0.6) is 0 Å². The van der Waals surface area contributed by atoms with Gasteiger partial charge >= 0.3 is 0 Å². The number of hydrogen-bond acceptors (Lipinski definition) is 3. The molecule has 1 fully saturated rings. The van der Waals surface area contributed by atoms with Crippen molar-refractivity contribution in [1.29, 1.82) is 0 Å². The lowest BCUT2D eigenvalue weighted by atomic mass is 10.0. The maximum Gasteiger partial charge on any atom is 0.124 e. The van der Waals surface area contributed by atoms with E-state index < -0.39 is 6.10 Å². The summed E-state index contributed by atoms with van der Waals surface area (Å²) in [5, 5.41) is 14.1. The van der Waals surface area contributed by atoms with Crippen molar-refractivity contribution in [1.82, 2.24) is 9.78 Å². The molecule has 0 spiro atoms. The van der Waals surface area contributed by atoms with Gasteiger partial charge in [-0.1, -0.05) is 0 Å². The van der Waals surface area contributed by atoms with Crippen molar-refractivity contribution < 1.29 is 9.84 Å². The normalized spacial score (nSPS) is 24.9. The van der Waals surface area contributed by atoms with Crippen molar-refractivity contribution in [2.24, 2.45) is 7.05 Å². The highest BCUT2D eigenvalue weighted by molar-refractivity contribution is 5.05. The van der Waals surface area contributed by atoms with Crippen LogP contribution in [0.25, 0.3) is 0 Å². The molecule has 1 aromatic heterocycles. The Labute approximate surface area is 83.5 Å². The fourth-order valence-corrected chi connectivity index (χ4v) is 1.80. The lowest BCUT2D eigenvalue weighted by Gasteiger charge is -2.25. The minimum absolute atomic E-state index is 0.0707. The van der Waals surface area contributed by atoms with E-state index in [1.807, 2.05) is 19.3 Å². The second-order valence-electron chi connectivity index (χ2n) is 3.76. The Balaban J connectivity index is 2.03. The quantitative estimate of drug-likeness (QED) is 0.768. The molecule has 78 valence electrons. The van der Waals surface area contributed by atoms with Gasteiger partial charge < -0.3 is 9.84 Å². The molecule has 1 aliphatic heterocycles. The van der Waals surface area contributed by atoms with Gasteiger partial charge in [0, 0.05) is 19.9 Å². The Morgan fingerprint density at radius 1 is 1.64 bits per heavy atom. The summed E-state index contributed by atoms with van der Waals surface area (Å²) < 4.78 is 7.20.